The monoisotopic (exact) mass is 365 g/mol. The normalized spacial score (nSPS) is 16.6. The van der Waals surface area contributed by atoms with E-state index in [0.717, 1.165) is 5.56 Å². The van der Waals surface area contributed by atoms with Gasteiger partial charge in [0.2, 0.25) is 11.8 Å². The molecule has 140 valence electrons. The van der Waals surface area contributed by atoms with Crippen LogP contribution < -0.4 is 10.6 Å². The van der Waals surface area contributed by atoms with Gasteiger partial charge in [0.15, 0.2) is 0 Å². The molecule has 27 heavy (non-hydrogen) atoms. The Hall–Kier alpha value is -3.15. The molecule has 2 N–H and O–H groups in total. The van der Waals surface area contributed by atoms with Crippen LogP contribution in [0.1, 0.15) is 29.3 Å². The van der Waals surface area contributed by atoms with Crippen molar-refractivity contribution < 1.29 is 14.4 Å². The smallest absolute Gasteiger partial charge is 0.254 e. The van der Waals surface area contributed by atoms with E-state index in [9.17, 15) is 14.4 Å². The zero-order valence-corrected chi connectivity index (χ0v) is 15.3. The van der Waals surface area contributed by atoms with Gasteiger partial charge in [0.05, 0.1) is 0 Å². The molecule has 1 saturated heterocycles. The van der Waals surface area contributed by atoms with E-state index < -0.39 is 6.04 Å². The van der Waals surface area contributed by atoms with Gasteiger partial charge in [-0.05, 0) is 23.8 Å². The third-order valence-corrected chi connectivity index (χ3v) is 4.58. The predicted molar refractivity (Wildman–Crippen MR) is 103 cm³/mol. The molecule has 1 aliphatic rings. The molecule has 2 aromatic carbocycles. The first-order valence-electron chi connectivity index (χ1n) is 9.11. The van der Waals surface area contributed by atoms with Crippen LogP contribution in [0.15, 0.2) is 54.6 Å². The fourth-order valence-electron chi connectivity index (χ4n) is 3.14. The van der Waals surface area contributed by atoms with Gasteiger partial charge in [-0.15, -0.1) is 0 Å². The second-order valence-electron chi connectivity index (χ2n) is 6.48. The Bertz CT molecular complexity index is 836. The van der Waals surface area contributed by atoms with E-state index in [4.69, 9.17) is 0 Å². The van der Waals surface area contributed by atoms with E-state index in [-0.39, 0.29) is 17.7 Å². The fraction of sp³-hybridized carbons (Fsp3) is 0.286. The fourth-order valence-corrected chi connectivity index (χ4v) is 3.14. The molecule has 6 heteroatoms. The third-order valence-electron chi connectivity index (χ3n) is 4.58. The number of rotatable bonds is 5. The van der Waals surface area contributed by atoms with Crippen molar-refractivity contribution in [3.05, 3.63) is 65.7 Å². The third kappa shape index (κ3) is 4.53. The molecule has 0 aromatic heterocycles. The SMILES string of the molecule is CCC(=O)Nc1cccc(C(=O)N2CCNC(=O)[C@H]2Cc2ccccc2)c1. The van der Waals surface area contributed by atoms with Crippen LogP contribution in [0.2, 0.25) is 0 Å². The zero-order valence-electron chi connectivity index (χ0n) is 15.3. The summed E-state index contributed by atoms with van der Waals surface area (Å²) < 4.78 is 0. The summed E-state index contributed by atoms with van der Waals surface area (Å²) in [5, 5.41) is 5.60. The Kier molecular flexibility index (Phi) is 5.86. The van der Waals surface area contributed by atoms with Crippen LogP contribution in [-0.4, -0.2) is 41.8 Å². The second kappa shape index (κ2) is 8.49. The summed E-state index contributed by atoms with van der Waals surface area (Å²) in [6.45, 7) is 2.65. The van der Waals surface area contributed by atoms with E-state index in [1.54, 1.807) is 36.1 Å². The highest BCUT2D eigenvalue weighted by atomic mass is 16.2. The average molecular weight is 365 g/mol. The summed E-state index contributed by atoms with van der Waals surface area (Å²) in [5.74, 6) is -0.467. The summed E-state index contributed by atoms with van der Waals surface area (Å²) in [5.41, 5.74) is 2.03. The lowest BCUT2D eigenvalue weighted by Crippen LogP contribution is -2.58. The number of carbonyl (C=O) groups excluding carboxylic acids is 3. The maximum absolute atomic E-state index is 13.1. The maximum atomic E-state index is 13.1. The Morgan fingerprint density at radius 1 is 1.15 bits per heavy atom. The number of benzene rings is 2. The first-order chi connectivity index (χ1) is 13.1. The van der Waals surface area contributed by atoms with Crippen LogP contribution in [0.4, 0.5) is 5.69 Å². The van der Waals surface area contributed by atoms with E-state index in [1.807, 2.05) is 30.3 Å². The van der Waals surface area contributed by atoms with Crippen LogP contribution in [0.3, 0.4) is 0 Å². The summed E-state index contributed by atoms with van der Waals surface area (Å²) in [6, 6.07) is 15.9. The molecule has 1 aliphatic heterocycles. The molecule has 0 spiro atoms. The quantitative estimate of drug-likeness (QED) is 0.853. The van der Waals surface area contributed by atoms with Crippen molar-refractivity contribution in [1.29, 1.82) is 0 Å². The highest BCUT2D eigenvalue weighted by Crippen LogP contribution is 2.18. The number of piperazine rings is 1. The molecule has 0 aliphatic carbocycles. The van der Waals surface area contributed by atoms with Gasteiger partial charge in [-0.3, -0.25) is 14.4 Å². The minimum Gasteiger partial charge on any atom is -0.353 e. The molecule has 1 fully saturated rings. The number of hydrogen-bond acceptors (Lipinski definition) is 3. The molecular weight excluding hydrogens is 342 g/mol. The molecule has 0 unspecified atom stereocenters. The van der Waals surface area contributed by atoms with Crippen molar-refractivity contribution in [2.45, 2.75) is 25.8 Å². The highest BCUT2D eigenvalue weighted by Gasteiger charge is 2.33. The van der Waals surface area contributed by atoms with Crippen molar-refractivity contribution in [2.24, 2.45) is 0 Å². The van der Waals surface area contributed by atoms with Crippen LogP contribution in [0.5, 0.6) is 0 Å². The lowest BCUT2D eigenvalue weighted by molar-refractivity contribution is -0.127. The number of hydrogen-bond donors (Lipinski definition) is 2. The molecule has 0 radical (unpaired) electrons. The zero-order chi connectivity index (χ0) is 19.2. The van der Waals surface area contributed by atoms with E-state index in [2.05, 4.69) is 10.6 Å². The minimum absolute atomic E-state index is 0.112. The largest absolute Gasteiger partial charge is 0.353 e. The Labute approximate surface area is 158 Å². The maximum Gasteiger partial charge on any atom is 0.254 e. The molecule has 0 bridgehead atoms. The van der Waals surface area contributed by atoms with Crippen LogP contribution in [0.25, 0.3) is 0 Å². The van der Waals surface area contributed by atoms with Gasteiger partial charge in [-0.2, -0.15) is 0 Å². The van der Waals surface area contributed by atoms with Crippen molar-refractivity contribution in [3.63, 3.8) is 0 Å². The van der Waals surface area contributed by atoms with Gasteiger partial charge in [0, 0.05) is 37.2 Å². The number of amides is 3. The molecule has 2 aromatic rings. The Morgan fingerprint density at radius 3 is 2.67 bits per heavy atom. The Balaban J connectivity index is 1.81. The van der Waals surface area contributed by atoms with Crippen LogP contribution in [0, 0.1) is 0 Å². The molecule has 1 heterocycles. The molecular formula is C21H23N3O3. The Morgan fingerprint density at radius 2 is 1.93 bits per heavy atom. The average Bonchev–Trinajstić information content (AvgIpc) is 2.70. The van der Waals surface area contributed by atoms with Crippen LogP contribution in [-0.2, 0) is 16.0 Å². The summed E-state index contributed by atoms with van der Waals surface area (Å²) >= 11 is 0. The van der Waals surface area contributed by atoms with E-state index in [1.165, 1.54) is 0 Å². The van der Waals surface area contributed by atoms with Gasteiger partial charge in [-0.25, -0.2) is 0 Å². The number of nitrogens with one attached hydrogen (secondary N) is 2. The van der Waals surface area contributed by atoms with Gasteiger partial charge >= 0.3 is 0 Å². The van der Waals surface area contributed by atoms with Crippen molar-refractivity contribution in [1.82, 2.24) is 10.2 Å². The second-order valence-corrected chi connectivity index (χ2v) is 6.48. The van der Waals surface area contributed by atoms with Crippen LogP contribution >= 0.6 is 0 Å². The first-order valence-corrected chi connectivity index (χ1v) is 9.11. The standard InChI is InChI=1S/C21H23N3O3/c1-2-19(25)23-17-10-6-9-16(14-17)21(27)24-12-11-22-20(26)18(24)13-15-7-4-3-5-8-15/h3-10,14,18H,2,11-13H2,1H3,(H,22,26)(H,23,25)/t18-/m1/s1. The number of carbonyl (C=O) groups is 3. The number of anilines is 1. The molecule has 6 nitrogen and oxygen atoms in total. The predicted octanol–water partition coefficient (Wildman–Crippen LogP) is 2.22. The van der Waals surface area contributed by atoms with Gasteiger partial charge in [0.25, 0.3) is 5.91 Å². The van der Waals surface area contributed by atoms with Crippen molar-refractivity contribution in [3.8, 4) is 0 Å². The number of nitrogens with zero attached hydrogens (tertiary/aromatic N) is 1. The van der Waals surface area contributed by atoms with E-state index >= 15 is 0 Å². The van der Waals surface area contributed by atoms with Gasteiger partial charge < -0.3 is 15.5 Å². The lowest BCUT2D eigenvalue weighted by Gasteiger charge is -2.35. The molecule has 0 saturated carbocycles. The van der Waals surface area contributed by atoms with Crippen molar-refractivity contribution >= 4 is 23.4 Å². The van der Waals surface area contributed by atoms with Gasteiger partial charge in [0.1, 0.15) is 6.04 Å². The molecule has 3 rings (SSSR count). The summed E-state index contributed by atoms with van der Waals surface area (Å²) in [4.78, 5) is 38.7. The molecule has 3 amide bonds. The van der Waals surface area contributed by atoms with Crippen molar-refractivity contribution in [2.75, 3.05) is 18.4 Å². The summed E-state index contributed by atoms with van der Waals surface area (Å²) in [6.07, 6.45) is 0.828. The summed E-state index contributed by atoms with van der Waals surface area (Å²) in [7, 11) is 0. The topological polar surface area (TPSA) is 78.5 Å². The highest BCUT2D eigenvalue weighted by molar-refractivity contribution is 6.00. The van der Waals surface area contributed by atoms with E-state index in [0.29, 0.717) is 37.2 Å². The molecule has 1 atom stereocenters. The van der Waals surface area contributed by atoms with Gasteiger partial charge in [-0.1, -0.05) is 43.3 Å². The lowest BCUT2D eigenvalue weighted by atomic mass is 10.0. The minimum atomic E-state index is -0.553. The first kappa shape index (κ1) is 18.6.